The Labute approximate surface area is 100 Å². The molecule has 2 aliphatic heterocycles. The molecular formula is C12H16N4O. The second-order valence-corrected chi connectivity index (χ2v) is 4.72. The van der Waals surface area contributed by atoms with E-state index in [1.165, 1.54) is 6.42 Å². The number of amides is 1. The molecule has 17 heavy (non-hydrogen) atoms. The number of nitrogens with zero attached hydrogens (tertiary/aromatic N) is 3. The zero-order chi connectivity index (χ0) is 11.7. The van der Waals surface area contributed by atoms with Crippen molar-refractivity contribution in [2.45, 2.75) is 18.9 Å². The van der Waals surface area contributed by atoms with E-state index in [2.05, 4.69) is 15.3 Å². The summed E-state index contributed by atoms with van der Waals surface area (Å²) < 4.78 is 0. The molecule has 0 saturated carbocycles. The van der Waals surface area contributed by atoms with Gasteiger partial charge in [-0.2, -0.15) is 0 Å². The summed E-state index contributed by atoms with van der Waals surface area (Å²) in [7, 11) is 0. The third-order valence-electron chi connectivity index (χ3n) is 3.72. The van der Waals surface area contributed by atoms with Crippen LogP contribution in [0.1, 0.15) is 23.3 Å². The Balaban J connectivity index is 1.81. The maximum atomic E-state index is 12.3. The van der Waals surface area contributed by atoms with Gasteiger partial charge in [0.2, 0.25) is 0 Å². The molecule has 2 atom stereocenters. The fraction of sp³-hybridized carbons (Fsp3) is 0.583. The van der Waals surface area contributed by atoms with Crippen molar-refractivity contribution in [3.8, 4) is 0 Å². The van der Waals surface area contributed by atoms with Gasteiger partial charge < -0.3 is 10.2 Å². The van der Waals surface area contributed by atoms with E-state index in [9.17, 15) is 4.79 Å². The van der Waals surface area contributed by atoms with Gasteiger partial charge in [-0.25, -0.2) is 4.98 Å². The summed E-state index contributed by atoms with van der Waals surface area (Å²) in [6.45, 7) is 2.80. The number of piperidine rings is 1. The van der Waals surface area contributed by atoms with Crippen LogP contribution in [0.5, 0.6) is 0 Å². The number of hydrogen-bond acceptors (Lipinski definition) is 4. The Hall–Kier alpha value is -1.49. The SMILES string of the molecule is O=C(c1cnccn1)N1CCCC2CNCC21. The van der Waals surface area contributed by atoms with E-state index < -0.39 is 0 Å². The Kier molecular flexibility index (Phi) is 2.76. The quantitative estimate of drug-likeness (QED) is 0.756. The van der Waals surface area contributed by atoms with Crippen molar-refractivity contribution in [1.82, 2.24) is 20.2 Å². The lowest BCUT2D eigenvalue weighted by Gasteiger charge is -2.36. The Morgan fingerprint density at radius 3 is 3.18 bits per heavy atom. The molecule has 90 valence electrons. The maximum absolute atomic E-state index is 12.3. The minimum Gasteiger partial charge on any atom is -0.333 e. The van der Waals surface area contributed by atoms with Crippen LogP contribution in [0, 0.1) is 5.92 Å². The first-order chi connectivity index (χ1) is 8.36. The van der Waals surface area contributed by atoms with Gasteiger partial charge in [-0.1, -0.05) is 0 Å². The first-order valence-corrected chi connectivity index (χ1v) is 6.14. The largest absolute Gasteiger partial charge is 0.333 e. The molecule has 1 N–H and O–H groups in total. The number of aromatic nitrogens is 2. The topological polar surface area (TPSA) is 58.1 Å². The highest BCUT2D eigenvalue weighted by molar-refractivity contribution is 5.92. The van der Waals surface area contributed by atoms with Crippen molar-refractivity contribution in [3.63, 3.8) is 0 Å². The zero-order valence-corrected chi connectivity index (χ0v) is 9.67. The van der Waals surface area contributed by atoms with Crippen LogP contribution in [0.3, 0.4) is 0 Å². The number of carbonyl (C=O) groups is 1. The molecule has 3 heterocycles. The highest BCUT2D eigenvalue weighted by atomic mass is 16.2. The summed E-state index contributed by atoms with van der Waals surface area (Å²) in [6.07, 6.45) is 7.03. The maximum Gasteiger partial charge on any atom is 0.274 e. The molecule has 0 spiro atoms. The summed E-state index contributed by atoms with van der Waals surface area (Å²) >= 11 is 0. The zero-order valence-electron chi connectivity index (χ0n) is 9.67. The summed E-state index contributed by atoms with van der Waals surface area (Å²) in [6, 6.07) is 0.346. The van der Waals surface area contributed by atoms with Crippen molar-refractivity contribution in [2.75, 3.05) is 19.6 Å². The lowest BCUT2D eigenvalue weighted by atomic mass is 9.92. The summed E-state index contributed by atoms with van der Waals surface area (Å²) in [5.74, 6) is 0.640. The molecule has 1 amide bonds. The van der Waals surface area contributed by atoms with Gasteiger partial charge in [0.25, 0.3) is 5.91 Å². The van der Waals surface area contributed by atoms with Gasteiger partial charge in [0.15, 0.2) is 0 Å². The summed E-state index contributed by atoms with van der Waals surface area (Å²) in [5, 5.41) is 3.37. The van der Waals surface area contributed by atoms with Crippen molar-refractivity contribution in [2.24, 2.45) is 5.92 Å². The molecule has 3 rings (SSSR count). The Bertz CT molecular complexity index is 408. The second-order valence-electron chi connectivity index (χ2n) is 4.72. The van der Waals surface area contributed by atoms with Crippen molar-refractivity contribution >= 4 is 5.91 Å². The van der Waals surface area contributed by atoms with Crippen molar-refractivity contribution < 1.29 is 4.79 Å². The number of hydrogen-bond donors (Lipinski definition) is 1. The number of likely N-dealkylation sites (tertiary alicyclic amines) is 1. The van der Waals surface area contributed by atoms with E-state index in [0.717, 1.165) is 26.1 Å². The minimum absolute atomic E-state index is 0.0245. The predicted octanol–water partition coefficient (Wildman–Crippen LogP) is 0.301. The van der Waals surface area contributed by atoms with Crippen molar-refractivity contribution in [1.29, 1.82) is 0 Å². The average molecular weight is 232 g/mol. The highest BCUT2D eigenvalue weighted by Crippen LogP contribution is 2.27. The van der Waals surface area contributed by atoms with E-state index in [-0.39, 0.29) is 5.91 Å². The molecule has 1 aromatic heterocycles. The van der Waals surface area contributed by atoms with Crippen LogP contribution in [0.4, 0.5) is 0 Å². The molecule has 0 aromatic carbocycles. The lowest BCUT2D eigenvalue weighted by molar-refractivity contribution is 0.0568. The normalized spacial score (nSPS) is 27.9. The molecule has 2 saturated heterocycles. The third kappa shape index (κ3) is 1.91. The van der Waals surface area contributed by atoms with Gasteiger partial charge in [0.1, 0.15) is 5.69 Å². The monoisotopic (exact) mass is 232 g/mol. The van der Waals surface area contributed by atoms with Gasteiger partial charge in [-0.05, 0) is 18.8 Å². The van der Waals surface area contributed by atoms with Crippen LogP contribution in [-0.2, 0) is 0 Å². The summed E-state index contributed by atoms with van der Waals surface area (Å²) in [4.78, 5) is 22.4. The molecule has 5 nitrogen and oxygen atoms in total. The van der Waals surface area contributed by atoms with Crippen LogP contribution in [0.2, 0.25) is 0 Å². The molecule has 2 unspecified atom stereocenters. The van der Waals surface area contributed by atoms with Crippen LogP contribution < -0.4 is 5.32 Å². The van der Waals surface area contributed by atoms with Crippen LogP contribution in [0.15, 0.2) is 18.6 Å². The van der Waals surface area contributed by atoms with Gasteiger partial charge in [-0.3, -0.25) is 9.78 Å². The van der Waals surface area contributed by atoms with E-state index in [0.29, 0.717) is 17.7 Å². The highest BCUT2D eigenvalue weighted by Gasteiger charge is 2.37. The number of fused-ring (bicyclic) bond motifs is 1. The molecule has 2 fully saturated rings. The number of rotatable bonds is 1. The van der Waals surface area contributed by atoms with E-state index in [1.807, 2.05) is 4.90 Å². The summed E-state index contributed by atoms with van der Waals surface area (Å²) in [5.41, 5.74) is 0.458. The predicted molar refractivity (Wildman–Crippen MR) is 62.5 cm³/mol. The molecule has 0 bridgehead atoms. The van der Waals surface area contributed by atoms with Gasteiger partial charge in [-0.15, -0.1) is 0 Å². The van der Waals surface area contributed by atoms with E-state index in [1.54, 1.807) is 18.6 Å². The number of carbonyl (C=O) groups excluding carboxylic acids is 1. The van der Waals surface area contributed by atoms with Gasteiger partial charge in [0.05, 0.1) is 6.20 Å². The first-order valence-electron chi connectivity index (χ1n) is 6.14. The first kappa shape index (κ1) is 10.7. The minimum atomic E-state index is 0.0245. The fourth-order valence-electron chi connectivity index (χ4n) is 2.88. The fourth-order valence-corrected chi connectivity index (χ4v) is 2.88. The van der Waals surface area contributed by atoms with Crippen molar-refractivity contribution in [3.05, 3.63) is 24.3 Å². The smallest absolute Gasteiger partial charge is 0.274 e. The van der Waals surface area contributed by atoms with E-state index >= 15 is 0 Å². The molecule has 1 aromatic rings. The van der Waals surface area contributed by atoms with E-state index in [4.69, 9.17) is 0 Å². The molecule has 0 radical (unpaired) electrons. The average Bonchev–Trinajstić information content (AvgIpc) is 2.87. The number of nitrogens with one attached hydrogen (secondary N) is 1. The molecule has 2 aliphatic rings. The van der Waals surface area contributed by atoms with Gasteiger partial charge in [0, 0.05) is 38.1 Å². The van der Waals surface area contributed by atoms with Gasteiger partial charge >= 0.3 is 0 Å². The third-order valence-corrected chi connectivity index (χ3v) is 3.72. The molecule has 5 heteroatoms. The van der Waals surface area contributed by atoms with Crippen LogP contribution in [0.25, 0.3) is 0 Å². The van der Waals surface area contributed by atoms with Crippen LogP contribution in [-0.4, -0.2) is 46.5 Å². The Morgan fingerprint density at radius 1 is 1.41 bits per heavy atom. The Morgan fingerprint density at radius 2 is 2.35 bits per heavy atom. The molecule has 0 aliphatic carbocycles. The molecular weight excluding hydrogens is 216 g/mol. The standard InChI is InChI=1S/C12H16N4O/c17-12(10-7-13-3-4-15-10)16-5-1-2-9-6-14-8-11(9)16/h3-4,7,9,11,14H,1-2,5-6,8H2. The lowest BCUT2D eigenvalue weighted by Crippen LogP contribution is -2.48. The second kappa shape index (κ2) is 4.41. The van der Waals surface area contributed by atoms with Crippen LogP contribution >= 0.6 is 0 Å².